The number of benzene rings is 2. The largest absolute Gasteiger partial charge is 0.497 e. The highest BCUT2D eigenvalue weighted by atomic mass is 32.1. The van der Waals surface area contributed by atoms with E-state index in [1.165, 1.54) is 5.56 Å². The van der Waals surface area contributed by atoms with E-state index < -0.39 is 0 Å². The molecule has 0 spiro atoms. The predicted octanol–water partition coefficient (Wildman–Crippen LogP) is 4.31. The Morgan fingerprint density at radius 3 is 2.83 bits per heavy atom. The summed E-state index contributed by atoms with van der Waals surface area (Å²) in [5.41, 5.74) is 3.77. The van der Waals surface area contributed by atoms with Crippen molar-refractivity contribution in [3.05, 3.63) is 65.2 Å². The van der Waals surface area contributed by atoms with Gasteiger partial charge in [0, 0.05) is 22.7 Å². The van der Waals surface area contributed by atoms with Crippen LogP contribution in [0.3, 0.4) is 0 Å². The lowest BCUT2D eigenvalue weighted by atomic mass is 10.1. The fourth-order valence-corrected chi connectivity index (χ4v) is 3.19. The Balaban J connectivity index is 1.67. The number of anilines is 1. The molecule has 1 N–H and O–H groups in total. The van der Waals surface area contributed by atoms with Gasteiger partial charge in [0.1, 0.15) is 10.8 Å². The summed E-state index contributed by atoms with van der Waals surface area (Å²) >= 11 is 1.55. The van der Waals surface area contributed by atoms with E-state index in [0.29, 0.717) is 11.4 Å². The second-order valence-corrected chi connectivity index (χ2v) is 6.33. The van der Waals surface area contributed by atoms with Crippen LogP contribution < -0.4 is 10.1 Å². The van der Waals surface area contributed by atoms with Gasteiger partial charge in [-0.15, -0.1) is 11.3 Å². The zero-order chi connectivity index (χ0) is 16.9. The molecule has 0 aliphatic rings. The van der Waals surface area contributed by atoms with Crippen molar-refractivity contribution in [2.75, 3.05) is 12.4 Å². The third-order valence-corrected chi connectivity index (χ3v) is 4.45. The summed E-state index contributed by atoms with van der Waals surface area (Å²) in [6.45, 7) is 2.06. The van der Waals surface area contributed by atoms with E-state index in [-0.39, 0.29) is 12.3 Å². The van der Waals surface area contributed by atoms with Gasteiger partial charge in [-0.25, -0.2) is 4.98 Å². The monoisotopic (exact) mass is 338 g/mol. The third-order valence-electron chi connectivity index (χ3n) is 3.51. The lowest BCUT2D eigenvalue weighted by Gasteiger charge is -2.06. The summed E-state index contributed by atoms with van der Waals surface area (Å²) in [7, 11) is 1.60. The molecule has 0 saturated heterocycles. The molecule has 0 radical (unpaired) electrons. The molecule has 0 bridgehead atoms. The van der Waals surface area contributed by atoms with Gasteiger partial charge in [0.05, 0.1) is 19.2 Å². The summed E-state index contributed by atoms with van der Waals surface area (Å²) in [6.07, 6.45) is 0.250. The maximum absolute atomic E-state index is 12.2. The number of ether oxygens (including phenoxy) is 1. The fraction of sp³-hybridized carbons (Fsp3) is 0.158. The lowest BCUT2D eigenvalue weighted by molar-refractivity contribution is -0.115. The van der Waals surface area contributed by atoms with Crippen LogP contribution in [0, 0.1) is 6.92 Å². The maximum Gasteiger partial charge on any atom is 0.230 e. The number of methoxy groups -OCH3 is 1. The topological polar surface area (TPSA) is 51.2 Å². The minimum Gasteiger partial charge on any atom is -0.497 e. The average molecular weight is 338 g/mol. The smallest absolute Gasteiger partial charge is 0.230 e. The molecular weight excluding hydrogens is 320 g/mol. The summed E-state index contributed by atoms with van der Waals surface area (Å²) in [6, 6.07) is 15.5. The van der Waals surface area contributed by atoms with Crippen molar-refractivity contribution in [3.8, 4) is 16.3 Å². The number of hydrogen-bond acceptors (Lipinski definition) is 4. The Bertz CT molecular complexity index is 858. The number of amides is 1. The van der Waals surface area contributed by atoms with Gasteiger partial charge in [0.25, 0.3) is 0 Å². The second kappa shape index (κ2) is 7.27. The Morgan fingerprint density at radius 1 is 1.21 bits per heavy atom. The molecule has 5 heteroatoms. The molecule has 1 heterocycles. The van der Waals surface area contributed by atoms with Crippen molar-refractivity contribution >= 4 is 22.9 Å². The molecule has 1 amide bonds. The van der Waals surface area contributed by atoms with Crippen LogP contribution in [0.5, 0.6) is 5.75 Å². The third kappa shape index (κ3) is 4.00. The fourth-order valence-electron chi connectivity index (χ4n) is 2.37. The molecule has 3 aromatic rings. The SMILES string of the molecule is COc1cccc(NC(=O)Cc2csc(-c3cccc(C)c3)n2)c1. The van der Waals surface area contributed by atoms with Crippen molar-refractivity contribution in [1.29, 1.82) is 0 Å². The number of nitrogens with one attached hydrogen (secondary N) is 1. The Hall–Kier alpha value is -2.66. The molecule has 4 nitrogen and oxygen atoms in total. The minimum atomic E-state index is -0.0932. The first-order valence-corrected chi connectivity index (χ1v) is 8.47. The number of aromatic nitrogens is 1. The molecule has 2 aromatic carbocycles. The van der Waals surface area contributed by atoms with Crippen LogP contribution in [-0.2, 0) is 11.2 Å². The summed E-state index contributed by atoms with van der Waals surface area (Å²) in [5, 5.41) is 5.74. The highest BCUT2D eigenvalue weighted by molar-refractivity contribution is 7.13. The number of aryl methyl sites for hydroxylation is 1. The van der Waals surface area contributed by atoms with Gasteiger partial charge < -0.3 is 10.1 Å². The first-order chi connectivity index (χ1) is 11.6. The van der Waals surface area contributed by atoms with E-state index in [2.05, 4.69) is 29.4 Å². The molecule has 0 atom stereocenters. The van der Waals surface area contributed by atoms with E-state index >= 15 is 0 Å². The van der Waals surface area contributed by atoms with Crippen LogP contribution in [0.25, 0.3) is 10.6 Å². The van der Waals surface area contributed by atoms with E-state index in [0.717, 1.165) is 16.3 Å². The van der Waals surface area contributed by atoms with Crippen LogP contribution >= 0.6 is 11.3 Å². The molecule has 3 rings (SSSR count). The standard InChI is InChI=1S/C19H18N2O2S/c1-13-5-3-6-14(9-13)19-21-16(12-24-19)11-18(22)20-15-7-4-8-17(10-15)23-2/h3-10,12H,11H2,1-2H3,(H,20,22). The second-order valence-electron chi connectivity index (χ2n) is 5.47. The first-order valence-electron chi connectivity index (χ1n) is 7.59. The van der Waals surface area contributed by atoms with Gasteiger partial charge in [-0.05, 0) is 25.1 Å². The van der Waals surface area contributed by atoms with Crippen molar-refractivity contribution in [2.45, 2.75) is 13.3 Å². The molecule has 0 saturated carbocycles. The van der Waals surface area contributed by atoms with Crippen molar-refractivity contribution in [1.82, 2.24) is 4.98 Å². The van der Waals surface area contributed by atoms with Gasteiger partial charge in [-0.3, -0.25) is 4.79 Å². The normalized spacial score (nSPS) is 10.4. The Kier molecular flexibility index (Phi) is 4.91. The van der Waals surface area contributed by atoms with Crippen LogP contribution in [0.15, 0.2) is 53.9 Å². The van der Waals surface area contributed by atoms with Crippen molar-refractivity contribution < 1.29 is 9.53 Å². The summed E-state index contributed by atoms with van der Waals surface area (Å²) in [4.78, 5) is 16.8. The van der Waals surface area contributed by atoms with Crippen LogP contribution in [0.2, 0.25) is 0 Å². The molecule has 0 aliphatic carbocycles. The highest BCUT2D eigenvalue weighted by Crippen LogP contribution is 2.25. The van der Waals surface area contributed by atoms with E-state index in [4.69, 9.17) is 4.74 Å². The highest BCUT2D eigenvalue weighted by Gasteiger charge is 2.10. The average Bonchev–Trinajstić information content (AvgIpc) is 3.03. The summed E-state index contributed by atoms with van der Waals surface area (Å²) < 4.78 is 5.15. The number of carbonyl (C=O) groups excluding carboxylic acids is 1. The molecule has 24 heavy (non-hydrogen) atoms. The number of hydrogen-bond donors (Lipinski definition) is 1. The number of rotatable bonds is 5. The zero-order valence-corrected chi connectivity index (χ0v) is 14.4. The molecule has 122 valence electrons. The van der Waals surface area contributed by atoms with Crippen molar-refractivity contribution in [3.63, 3.8) is 0 Å². The van der Waals surface area contributed by atoms with Crippen LogP contribution in [0.4, 0.5) is 5.69 Å². The molecule has 0 unspecified atom stereocenters. The van der Waals surface area contributed by atoms with Gasteiger partial charge in [-0.2, -0.15) is 0 Å². The molecule has 1 aromatic heterocycles. The van der Waals surface area contributed by atoms with Gasteiger partial charge in [0.15, 0.2) is 0 Å². The Morgan fingerprint density at radius 2 is 2.04 bits per heavy atom. The first kappa shape index (κ1) is 16.2. The Labute approximate surface area is 145 Å². The van der Waals surface area contributed by atoms with Crippen molar-refractivity contribution in [2.24, 2.45) is 0 Å². The predicted molar refractivity (Wildman–Crippen MR) is 97.6 cm³/mol. The quantitative estimate of drug-likeness (QED) is 0.754. The molecular formula is C19H18N2O2S. The summed E-state index contributed by atoms with van der Waals surface area (Å²) in [5.74, 6) is 0.618. The van der Waals surface area contributed by atoms with E-state index in [9.17, 15) is 4.79 Å². The zero-order valence-electron chi connectivity index (χ0n) is 13.6. The van der Waals surface area contributed by atoms with Gasteiger partial charge in [-0.1, -0.05) is 29.8 Å². The van der Waals surface area contributed by atoms with Crippen LogP contribution in [0.1, 0.15) is 11.3 Å². The maximum atomic E-state index is 12.2. The van der Waals surface area contributed by atoms with E-state index in [1.807, 2.05) is 35.7 Å². The molecule has 0 aliphatic heterocycles. The van der Waals surface area contributed by atoms with Crippen LogP contribution in [-0.4, -0.2) is 18.0 Å². The van der Waals surface area contributed by atoms with E-state index in [1.54, 1.807) is 24.5 Å². The van der Waals surface area contributed by atoms with Gasteiger partial charge >= 0.3 is 0 Å². The number of nitrogens with zero attached hydrogens (tertiary/aromatic N) is 1. The minimum absolute atomic E-state index is 0.0932. The molecule has 0 fully saturated rings. The lowest BCUT2D eigenvalue weighted by Crippen LogP contribution is -2.14. The number of carbonyl (C=O) groups is 1. The number of thiazole rings is 1. The van der Waals surface area contributed by atoms with Gasteiger partial charge in [0.2, 0.25) is 5.91 Å².